The van der Waals surface area contributed by atoms with Crippen LogP contribution in [0.2, 0.25) is 0 Å². The van der Waals surface area contributed by atoms with Crippen LogP contribution in [0.15, 0.2) is 0 Å². The molecule has 0 aromatic rings. The quantitative estimate of drug-likeness (QED) is 0.783. The summed E-state index contributed by atoms with van der Waals surface area (Å²) < 4.78 is 5.81. The highest BCUT2D eigenvalue weighted by atomic mass is 16.5. The van der Waals surface area contributed by atoms with Crippen LogP contribution in [0, 0.1) is 5.92 Å². The van der Waals surface area contributed by atoms with Gasteiger partial charge in [0.15, 0.2) is 0 Å². The molecule has 1 N–H and O–H groups in total. The largest absolute Gasteiger partial charge is 0.394 e. The molecule has 1 heterocycles. The molecule has 1 saturated carbocycles. The van der Waals surface area contributed by atoms with E-state index in [0.29, 0.717) is 12.6 Å². The second-order valence-electron chi connectivity index (χ2n) is 6.60. The lowest BCUT2D eigenvalue weighted by Gasteiger charge is -2.39. The van der Waals surface area contributed by atoms with Gasteiger partial charge in [-0.25, -0.2) is 0 Å². The Kier molecular flexibility index (Phi) is 7.32. The van der Waals surface area contributed by atoms with Crippen LogP contribution in [0.5, 0.6) is 0 Å². The van der Waals surface area contributed by atoms with Gasteiger partial charge in [0.25, 0.3) is 0 Å². The van der Waals surface area contributed by atoms with E-state index in [4.69, 9.17) is 9.84 Å². The number of aliphatic hydroxyl groups excluding tert-OH is 1. The molecule has 2 fully saturated rings. The molecule has 2 rings (SSSR count). The molecule has 20 heavy (non-hydrogen) atoms. The number of hydrogen-bond donors (Lipinski definition) is 1. The van der Waals surface area contributed by atoms with Crippen molar-refractivity contribution in [3.8, 4) is 0 Å². The highest BCUT2D eigenvalue weighted by Crippen LogP contribution is 2.33. The van der Waals surface area contributed by atoms with Crippen molar-refractivity contribution in [2.45, 2.75) is 83.4 Å². The normalized spacial score (nSPS) is 28.8. The van der Waals surface area contributed by atoms with Crippen molar-refractivity contribution in [2.75, 3.05) is 19.8 Å². The van der Waals surface area contributed by atoms with Gasteiger partial charge in [-0.1, -0.05) is 38.5 Å². The zero-order valence-electron chi connectivity index (χ0n) is 13.2. The molecular formula is C17H33NO2. The Balaban J connectivity index is 1.99. The number of ether oxygens (including phenoxy) is 1. The van der Waals surface area contributed by atoms with E-state index in [1.165, 1.54) is 70.8 Å². The first-order valence-electron chi connectivity index (χ1n) is 8.81. The lowest BCUT2D eigenvalue weighted by Crippen LogP contribution is -2.46. The minimum Gasteiger partial charge on any atom is -0.394 e. The summed E-state index contributed by atoms with van der Waals surface area (Å²) in [5.74, 6) is 0.871. The smallest absolute Gasteiger partial charge is 0.108 e. The molecular weight excluding hydrogens is 250 g/mol. The predicted octanol–water partition coefficient (Wildman–Crippen LogP) is 3.56. The van der Waals surface area contributed by atoms with E-state index in [2.05, 4.69) is 11.8 Å². The Morgan fingerprint density at radius 2 is 1.65 bits per heavy atom. The molecule has 2 aliphatic rings. The highest BCUT2D eigenvalue weighted by molar-refractivity contribution is 4.84. The molecule has 0 aromatic heterocycles. The first-order chi connectivity index (χ1) is 9.83. The molecule has 0 aromatic carbocycles. The van der Waals surface area contributed by atoms with Crippen molar-refractivity contribution in [3.63, 3.8) is 0 Å². The van der Waals surface area contributed by atoms with Gasteiger partial charge in [-0.3, -0.25) is 4.90 Å². The van der Waals surface area contributed by atoms with Crippen molar-refractivity contribution in [1.82, 2.24) is 4.90 Å². The van der Waals surface area contributed by atoms with E-state index in [-0.39, 0.29) is 12.8 Å². The van der Waals surface area contributed by atoms with Crippen molar-refractivity contribution >= 4 is 0 Å². The van der Waals surface area contributed by atoms with E-state index in [9.17, 15) is 0 Å². The van der Waals surface area contributed by atoms with Crippen LogP contribution in [0.3, 0.4) is 0 Å². The molecule has 1 saturated heterocycles. The standard InChI is InChI=1S/C17H33NO2/c1-15(20-14-13-19)18-12-8-4-7-11-17(18)16-9-5-2-3-6-10-16/h15-17,19H,2-14H2,1H3. The molecule has 3 heteroatoms. The van der Waals surface area contributed by atoms with Crippen molar-refractivity contribution < 1.29 is 9.84 Å². The van der Waals surface area contributed by atoms with E-state index < -0.39 is 0 Å². The van der Waals surface area contributed by atoms with Crippen LogP contribution in [0.1, 0.15) is 71.1 Å². The van der Waals surface area contributed by atoms with Gasteiger partial charge < -0.3 is 9.84 Å². The highest BCUT2D eigenvalue weighted by Gasteiger charge is 2.31. The van der Waals surface area contributed by atoms with Crippen molar-refractivity contribution in [1.29, 1.82) is 0 Å². The van der Waals surface area contributed by atoms with E-state index >= 15 is 0 Å². The number of likely N-dealkylation sites (tertiary alicyclic amines) is 1. The number of nitrogens with zero attached hydrogens (tertiary/aromatic N) is 1. The maximum atomic E-state index is 8.98. The Hall–Kier alpha value is -0.120. The number of aliphatic hydroxyl groups is 1. The summed E-state index contributed by atoms with van der Waals surface area (Å²) in [6, 6.07) is 0.712. The summed E-state index contributed by atoms with van der Waals surface area (Å²) in [5.41, 5.74) is 0. The number of hydrogen-bond acceptors (Lipinski definition) is 3. The molecule has 1 aliphatic carbocycles. The third-order valence-corrected chi connectivity index (χ3v) is 5.20. The summed E-state index contributed by atoms with van der Waals surface area (Å²) in [7, 11) is 0. The second-order valence-corrected chi connectivity index (χ2v) is 6.60. The zero-order chi connectivity index (χ0) is 14.2. The maximum Gasteiger partial charge on any atom is 0.108 e. The third-order valence-electron chi connectivity index (χ3n) is 5.20. The zero-order valence-corrected chi connectivity index (χ0v) is 13.2. The van der Waals surface area contributed by atoms with Gasteiger partial charge in [0.2, 0.25) is 0 Å². The molecule has 0 radical (unpaired) electrons. The van der Waals surface area contributed by atoms with Crippen LogP contribution in [0.25, 0.3) is 0 Å². The van der Waals surface area contributed by atoms with Crippen molar-refractivity contribution in [3.05, 3.63) is 0 Å². The Morgan fingerprint density at radius 1 is 1.00 bits per heavy atom. The van der Waals surface area contributed by atoms with Crippen LogP contribution in [-0.2, 0) is 4.74 Å². The molecule has 2 atom stereocenters. The van der Waals surface area contributed by atoms with Crippen LogP contribution in [-0.4, -0.2) is 42.0 Å². The van der Waals surface area contributed by atoms with Gasteiger partial charge in [-0.2, -0.15) is 0 Å². The van der Waals surface area contributed by atoms with Crippen molar-refractivity contribution in [2.24, 2.45) is 5.92 Å². The lowest BCUT2D eigenvalue weighted by atomic mass is 9.88. The van der Waals surface area contributed by atoms with Gasteiger partial charge in [-0.15, -0.1) is 0 Å². The van der Waals surface area contributed by atoms with Gasteiger partial charge in [-0.05, 0) is 38.5 Å². The topological polar surface area (TPSA) is 32.7 Å². The molecule has 3 nitrogen and oxygen atoms in total. The molecule has 1 aliphatic heterocycles. The van der Waals surface area contributed by atoms with Gasteiger partial charge >= 0.3 is 0 Å². The predicted molar refractivity (Wildman–Crippen MR) is 82.7 cm³/mol. The summed E-state index contributed by atoms with van der Waals surface area (Å²) in [4.78, 5) is 2.61. The Labute approximate surface area is 124 Å². The second kappa shape index (κ2) is 9.01. The first-order valence-corrected chi connectivity index (χ1v) is 8.81. The lowest BCUT2D eigenvalue weighted by molar-refractivity contribution is -0.0859. The summed E-state index contributed by atoms with van der Waals surface area (Å²) in [5, 5.41) is 8.98. The molecule has 0 amide bonds. The van der Waals surface area contributed by atoms with Crippen LogP contribution >= 0.6 is 0 Å². The average molecular weight is 283 g/mol. The minimum absolute atomic E-state index is 0.131. The fraction of sp³-hybridized carbons (Fsp3) is 1.00. The van der Waals surface area contributed by atoms with Crippen LogP contribution < -0.4 is 0 Å². The minimum atomic E-state index is 0.131. The maximum absolute atomic E-state index is 8.98. The van der Waals surface area contributed by atoms with Gasteiger partial charge in [0, 0.05) is 12.6 Å². The molecule has 2 unspecified atom stereocenters. The summed E-state index contributed by atoms with van der Waals surface area (Å²) >= 11 is 0. The van der Waals surface area contributed by atoms with E-state index in [0.717, 1.165) is 5.92 Å². The SMILES string of the molecule is CC(OCCO)N1CCCCCC1C1CCCCCC1. The summed E-state index contributed by atoms with van der Waals surface area (Å²) in [6.45, 7) is 3.94. The fourth-order valence-corrected chi connectivity index (χ4v) is 4.13. The van der Waals surface area contributed by atoms with Gasteiger partial charge in [0.1, 0.15) is 6.23 Å². The fourth-order valence-electron chi connectivity index (χ4n) is 4.13. The number of rotatable bonds is 5. The third kappa shape index (κ3) is 4.71. The Bertz CT molecular complexity index is 251. The average Bonchev–Trinajstić information content (AvgIpc) is 2.86. The Morgan fingerprint density at radius 3 is 2.35 bits per heavy atom. The summed E-state index contributed by atoms with van der Waals surface area (Å²) in [6.07, 6.45) is 14.1. The molecule has 118 valence electrons. The van der Waals surface area contributed by atoms with Gasteiger partial charge in [0.05, 0.1) is 13.2 Å². The molecule has 0 spiro atoms. The monoisotopic (exact) mass is 283 g/mol. The van der Waals surface area contributed by atoms with Crippen LogP contribution in [0.4, 0.5) is 0 Å². The first kappa shape index (κ1) is 16.3. The van der Waals surface area contributed by atoms with E-state index in [1.54, 1.807) is 0 Å². The van der Waals surface area contributed by atoms with E-state index in [1.807, 2.05) is 0 Å². The molecule has 0 bridgehead atoms.